The normalized spacial score (nSPS) is 11.3. The molecule has 0 fully saturated rings. The van der Waals surface area contributed by atoms with Crippen LogP contribution in [0.4, 0.5) is 0 Å². The van der Waals surface area contributed by atoms with E-state index in [4.69, 9.17) is 10.7 Å². The SMILES string of the molecule is COC(=O)c1cn(C)c(S(=O)(=O)Cl)c1-c1ccccc1. The summed E-state index contributed by atoms with van der Waals surface area (Å²) in [7, 11) is 4.22. The van der Waals surface area contributed by atoms with Crippen molar-refractivity contribution in [3.63, 3.8) is 0 Å². The number of carbonyl (C=O) groups excluding carboxylic acids is 1. The molecule has 7 heteroatoms. The molecule has 5 nitrogen and oxygen atoms in total. The average molecular weight is 314 g/mol. The van der Waals surface area contributed by atoms with Crippen LogP contribution in [0.1, 0.15) is 10.4 Å². The predicted molar refractivity (Wildman–Crippen MR) is 75.2 cm³/mol. The van der Waals surface area contributed by atoms with Crippen molar-refractivity contribution in [2.75, 3.05) is 7.11 Å². The Balaban J connectivity index is 2.84. The molecule has 0 bridgehead atoms. The third-order valence-electron chi connectivity index (χ3n) is 2.83. The van der Waals surface area contributed by atoms with Gasteiger partial charge in [0.1, 0.15) is 0 Å². The molecular weight excluding hydrogens is 302 g/mol. The van der Waals surface area contributed by atoms with Crippen LogP contribution in [-0.2, 0) is 20.8 Å². The molecule has 1 heterocycles. The molecule has 0 unspecified atom stereocenters. The van der Waals surface area contributed by atoms with Crippen molar-refractivity contribution in [2.24, 2.45) is 7.05 Å². The lowest BCUT2D eigenvalue weighted by Gasteiger charge is -2.06. The first-order valence-corrected chi connectivity index (χ1v) is 7.95. The Morgan fingerprint density at radius 1 is 1.25 bits per heavy atom. The Kier molecular flexibility index (Phi) is 3.87. The van der Waals surface area contributed by atoms with Crippen molar-refractivity contribution in [3.05, 3.63) is 42.1 Å². The molecule has 2 aromatic rings. The first-order chi connectivity index (χ1) is 9.36. The fourth-order valence-electron chi connectivity index (χ4n) is 2.05. The zero-order valence-corrected chi connectivity index (χ0v) is 12.4. The van der Waals surface area contributed by atoms with Crippen molar-refractivity contribution in [1.82, 2.24) is 4.57 Å². The maximum absolute atomic E-state index is 11.8. The van der Waals surface area contributed by atoms with Gasteiger partial charge in [-0.3, -0.25) is 0 Å². The van der Waals surface area contributed by atoms with Crippen LogP contribution in [0.3, 0.4) is 0 Å². The van der Waals surface area contributed by atoms with E-state index in [9.17, 15) is 13.2 Å². The molecule has 0 aliphatic carbocycles. The maximum atomic E-state index is 11.8. The number of ether oxygens (including phenoxy) is 1. The molecule has 0 radical (unpaired) electrons. The highest BCUT2D eigenvalue weighted by molar-refractivity contribution is 8.13. The molecule has 2 rings (SSSR count). The molecule has 0 N–H and O–H groups in total. The van der Waals surface area contributed by atoms with E-state index in [0.29, 0.717) is 5.56 Å². The summed E-state index contributed by atoms with van der Waals surface area (Å²) in [4.78, 5) is 11.8. The molecule has 106 valence electrons. The molecule has 0 saturated carbocycles. The van der Waals surface area contributed by atoms with E-state index in [0.717, 1.165) is 0 Å². The van der Waals surface area contributed by atoms with Gasteiger partial charge < -0.3 is 9.30 Å². The number of nitrogens with zero attached hydrogens (tertiary/aromatic N) is 1. The Labute approximate surface area is 121 Å². The highest BCUT2D eigenvalue weighted by Gasteiger charge is 2.28. The van der Waals surface area contributed by atoms with Crippen LogP contribution in [0, 0.1) is 0 Å². The summed E-state index contributed by atoms with van der Waals surface area (Å²) < 4.78 is 29.5. The molecule has 1 aromatic heterocycles. The summed E-state index contributed by atoms with van der Waals surface area (Å²) in [5.41, 5.74) is 0.975. The van der Waals surface area contributed by atoms with Crippen LogP contribution in [0.15, 0.2) is 41.6 Å². The quantitative estimate of drug-likeness (QED) is 0.644. The van der Waals surface area contributed by atoms with Gasteiger partial charge >= 0.3 is 5.97 Å². The number of hydrogen-bond donors (Lipinski definition) is 0. The van der Waals surface area contributed by atoms with E-state index in [2.05, 4.69) is 4.74 Å². The Bertz CT molecular complexity index is 750. The van der Waals surface area contributed by atoms with E-state index in [1.54, 1.807) is 30.3 Å². The first-order valence-electron chi connectivity index (χ1n) is 5.64. The highest BCUT2D eigenvalue weighted by atomic mass is 35.7. The highest BCUT2D eigenvalue weighted by Crippen LogP contribution is 2.34. The number of carbonyl (C=O) groups is 1. The van der Waals surface area contributed by atoms with Gasteiger partial charge in [0.2, 0.25) is 0 Å². The number of aryl methyl sites for hydroxylation is 1. The minimum atomic E-state index is -4.01. The van der Waals surface area contributed by atoms with Crippen molar-refractivity contribution in [3.8, 4) is 11.1 Å². The molecular formula is C13H12ClNO4S. The van der Waals surface area contributed by atoms with E-state index < -0.39 is 15.0 Å². The van der Waals surface area contributed by atoms with E-state index in [1.165, 1.54) is 24.9 Å². The first kappa shape index (κ1) is 14.6. The van der Waals surface area contributed by atoms with E-state index >= 15 is 0 Å². The average Bonchev–Trinajstić information content (AvgIpc) is 2.76. The Hall–Kier alpha value is -1.79. The molecule has 0 atom stereocenters. The summed E-state index contributed by atoms with van der Waals surface area (Å²) in [6.45, 7) is 0. The zero-order chi connectivity index (χ0) is 14.9. The van der Waals surface area contributed by atoms with E-state index in [-0.39, 0.29) is 16.2 Å². The van der Waals surface area contributed by atoms with Crippen LogP contribution >= 0.6 is 10.7 Å². The number of esters is 1. The maximum Gasteiger partial charge on any atom is 0.340 e. The number of methoxy groups -OCH3 is 1. The number of benzene rings is 1. The predicted octanol–water partition coefficient (Wildman–Crippen LogP) is 2.41. The third-order valence-corrected chi connectivity index (χ3v) is 4.22. The minimum Gasteiger partial charge on any atom is -0.465 e. The van der Waals surface area contributed by atoms with E-state index in [1.807, 2.05) is 0 Å². The van der Waals surface area contributed by atoms with Crippen molar-refractivity contribution < 1.29 is 17.9 Å². The lowest BCUT2D eigenvalue weighted by Crippen LogP contribution is -2.03. The summed E-state index contributed by atoms with van der Waals surface area (Å²) in [5.74, 6) is -0.619. The second-order valence-electron chi connectivity index (χ2n) is 4.13. The fraction of sp³-hybridized carbons (Fsp3) is 0.154. The van der Waals surface area contributed by atoms with Crippen LogP contribution in [0.5, 0.6) is 0 Å². The van der Waals surface area contributed by atoms with Gasteiger partial charge in [-0.1, -0.05) is 30.3 Å². The van der Waals surface area contributed by atoms with Gasteiger partial charge in [0.25, 0.3) is 9.05 Å². The summed E-state index contributed by atoms with van der Waals surface area (Å²) in [6.07, 6.45) is 1.39. The van der Waals surface area contributed by atoms with Crippen LogP contribution in [-0.4, -0.2) is 26.1 Å². The van der Waals surface area contributed by atoms with Gasteiger partial charge in [0.15, 0.2) is 5.03 Å². The standard InChI is InChI=1S/C13H12ClNO4S/c1-15-8-10(13(16)19-2)11(12(15)20(14,17)18)9-6-4-3-5-7-9/h3-8H,1-2H3. The van der Waals surface area contributed by atoms with Gasteiger partial charge in [0.05, 0.1) is 12.7 Å². The van der Waals surface area contributed by atoms with Gasteiger partial charge in [-0.25, -0.2) is 13.2 Å². The van der Waals surface area contributed by atoms with Gasteiger partial charge in [0, 0.05) is 29.5 Å². The fourth-order valence-corrected chi connectivity index (χ4v) is 3.48. The molecule has 0 saturated heterocycles. The van der Waals surface area contributed by atoms with Gasteiger partial charge in [-0.05, 0) is 5.56 Å². The molecule has 1 aromatic carbocycles. The number of rotatable bonds is 3. The molecule has 0 spiro atoms. The van der Waals surface area contributed by atoms with Crippen molar-refractivity contribution in [2.45, 2.75) is 5.03 Å². The lowest BCUT2D eigenvalue weighted by atomic mass is 10.1. The summed E-state index contributed by atoms with van der Waals surface area (Å²) in [6, 6.07) is 8.68. The number of halogens is 1. The van der Waals surface area contributed by atoms with Crippen molar-refractivity contribution in [1.29, 1.82) is 0 Å². The second kappa shape index (κ2) is 5.30. The topological polar surface area (TPSA) is 65.4 Å². The molecule has 0 amide bonds. The number of aromatic nitrogens is 1. The van der Waals surface area contributed by atoms with Gasteiger partial charge in [-0.15, -0.1) is 0 Å². The van der Waals surface area contributed by atoms with Crippen LogP contribution in [0.2, 0.25) is 0 Å². The van der Waals surface area contributed by atoms with Gasteiger partial charge in [-0.2, -0.15) is 0 Å². The third kappa shape index (κ3) is 2.57. The molecule has 20 heavy (non-hydrogen) atoms. The molecule has 0 aliphatic rings. The zero-order valence-electron chi connectivity index (χ0n) is 10.8. The monoisotopic (exact) mass is 313 g/mol. The largest absolute Gasteiger partial charge is 0.465 e. The lowest BCUT2D eigenvalue weighted by molar-refractivity contribution is 0.0601. The van der Waals surface area contributed by atoms with Crippen molar-refractivity contribution >= 4 is 25.7 Å². The Morgan fingerprint density at radius 3 is 2.35 bits per heavy atom. The van der Waals surface area contributed by atoms with Crippen LogP contribution in [0.25, 0.3) is 11.1 Å². The second-order valence-corrected chi connectivity index (χ2v) is 6.61. The number of hydrogen-bond acceptors (Lipinski definition) is 4. The Morgan fingerprint density at radius 2 is 1.85 bits per heavy atom. The minimum absolute atomic E-state index is 0.134. The summed E-state index contributed by atoms with van der Waals surface area (Å²) in [5, 5.41) is -0.134. The molecule has 0 aliphatic heterocycles. The smallest absolute Gasteiger partial charge is 0.340 e. The van der Waals surface area contributed by atoms with Crippen LogP contribution < -0.4 is 0 Å². The summed E-state index contributed by atoms with van der Waals surface area (Å²) >= 11 is 0.